The summed E-state index contributed by atoms with van der Waals surface area (Å²) in [5.74, 6) is 0.454. The van der Waals surface area contributed by atoms with Crippen molar-refractivity contribution in [2.75, 3.05) is 6.54 Å². The van der Waals surface area contributed by atoms with Gasteiger partial charge in [-0.25, -0.2) is 4.39 Å². The van der Waals surface area contributed by atoms with E-state index in [1.807, 2.05) is 0 Å². The Morgan fingerprint density at radius 2 is 2.06 bits per heavy atom. The van der Waals surface area contributed by atoms with Crippen LogP contribution in [0.5, 0.6) is 0 Å². The second kappa shape index (κ2) is 7.75. The van der Waals surface area contributed by atoms with E-state index in [2.05, 4.69) is 26.1 Å². The van der Waals surface area contributed by atoms with E-state index in [1.54, 1.807) is 12.1 Å². The summed E-state index contributed by atoms with van der Waals surface area (Å²) in [5.41, 5.74) is 0.906. The number of benzene rings is 1. The maximum atomic E-state index is 13.2. The zero-order chi connectivity index (χ0) is 13.5. The van der Waals surface area contributed by atoms with Crippen LogP contribution in [0.25, 0.3) is 0 Å². The maximum absolute atomic E-state index is 13.2. The van der Waals surface area contributed by atoms with Crippen LogP contribution in [0.1, 0.15) is 39.2 Å². The maximum Gasteiger partial charge on any atom is 0.123 e. The summed E-state index contributed by atoms with van der Waals surface area (Å²) >= 11 is 6.08. The molecule has 0 spiro atoms. The fourth-order valence-corrected chi connectivity index (χ4v) is 2.44. The highest BCUT2D eigenvalue weighted by molar-refractivity contribution is 6.31. The lowest BCUT2D eigenvalue weighted by atomic mass is 9.97. The van der Waals surface area contributed by atoms with Crippen molar-refractivity contribution in [3.63, 3.8) is 0 Å². The van der Waals surface area contributed by atoms with Crippen molar-refractivity contribution in [3.05, 3.63) is 34.6 Å². The van der Waals surface area contributed by atoms with E-state index in [9.17, 15) is 4.39 Å². The minimum atomic E-state index is -0.210. The quantitative estimate of drug-likeness (QED) is 0.773. The Morgan fingerprint density at radius 3 is 2.67 bits per heavy atom. The molecule has 102 valence electrons. The minimum absolute atomic E-state index is 0.210. The van der Waals surface area contributed by atoms with Crippen molar-refractivity contribution >= 4 is 11.6 Å². The second-order valence-corrected chi connectivity index (χ2v) is 5.57. The van der Waals surface area contributed by atoms with Gasteiger partial charge in [0.2, 0.25) is 0 Å². The monoisotopic (exact) mass is 271 g/mol. The van der Waals surface area contributed by atoms with E-state index in [0.717, 1.165) is 31.4 Å². The molecule has 1 atom stereocenters. The average molecular weight is 272 g/mol. The van der Waals surface area contributed by atoms with Crippen LogP contribution in [0.4, 0.5) is 4.39 Å². The number of rotatable bonds is 7. The van der Waals surface area contributed by atoms with Crippen molar-refractivity contribution in [1.29, 1.82) is 0 Å². The summed E-state index contributed by atoms with van der Waals surface area (Å²) in [6.07, 6.45) is 2.96. The summed E-state index contributed by atoms with van der Waals surface area (Å²) in [6.45, 7) is 7.52. The number of nitrogens with one attached hydrogen (secondary N) is 1. The van der Waals surface area contributed by atoms with E-state index in [4.69, 9.17) is 11.6 Å². The molecule has 0 heterocycles. The topological polar surface area (TPSA) is 12.0 Å². The van der Waals surface area contributed by atoms with Gasteiger partial charge in [0.25, 0.3) is 0 Å². The largest absolute Gasteiger partial charge is 0.314 e. The highest BCUT2D eigenvalue weighted by atomic mass is 35.5. The Labute approximate surface area is 115 Å². The van der Waals surface area contributed by atoms with Gasteiger partial charge in [-0.05, 0) is 55.5 Å². The van der Waals surface area contributed by atoms with Crippen molar-refractivity contribution in [2.24, 2.45) is 5.92 Å². The highest BCUT2D eigenvalue weighted by Crippen LogP contribution is 2.20. The molecule has 0 fully saturated rings. The summed E-state index contributed by atoms with van der Waals surface area (Å²) in [5, 5.41) is 4.14. The Morgan fingerprint density at radius 1 is 1.33 bits per heavy atom. The van der Waals surface area contributed by atoms with E-state index in [0.29, 0.717) is 17.0 Å². The molecule has 1 rings (SSSR count). The molecule has 0 bridgehead atoms. The molecule has 0 aliphatic heterocycles. The fourth-order valence-electron chi connectivity index (χ4n) is 2.23. The molecule has 1 unspecified atom stereocenters. The minimum Gasteiger partial charge on any atom is -0.314 e. The van der Waals surface area contributed by atoms with Gasteiger partial charge in [-0.15, -0.1) is 0 Å². The van der Waals surface area contributed by atoms with E-state index in [1.165, 1.54) is 6.07 Å². The zero-order valence-corrected chi connectivity index (χ0v) is 12.2. The van der Waals surface area contributed by atoms with Crippen LogP contribution in [0.3, 0.4) is 0 Å². The van der Waals surface area contributed by atoms with Crippen molar-refractivity contribution in [2.45, 2.75) is 46.1 Å². The highest BCUT2D eigenvalue weighted by Gasteiger charge is 2.11. The smallest absolute Gasteiger partial charge is 0.123 e. The predicted octanol–water partition coefficient (Wildman–Crippen LogP) is 4.44. The van der Waals surface area contributed by atoms with Gasteiger partial charge in [-0.2, -0.15) is 0 Å². The van der Waals surface area contributed by atoms with Crippen LogP contribution >= 0.6 is 11.6 Å². The standard InChI is InChI=1S/C15H23ClFN/c1-4-18-14(9-11(2)3)7-5-12-10-13(17)6-8-15(12)16/h6,8,10-11,14,18H,4-5,7,9H2,1-3H3. The number of hydrogen-bond acceptors (Lipinski definition) is 1. The van der Waals surface area contributed by atoms with Gasteiger partial charge in [0, 0.05) is 11.1 Å². The van der Waals surface area contributed by atoms with Gasteiger partial charge in [0.05, 0.1) is 0 Å². The molecule has 0 aliphatic carbocycles. The summed E-state index contributed by atoms with van der Waals surface area (Å²) < 4.78 is 13.2. The molecule has 0 amide bonds. The second-order valence-electron chi connectivity index (χ2n) is 5.16. The number of halogens is 2. The molecule has 1 nitrogen and oxygen atoms in total. The molecule has 1 aromatic rings. The van der Waals surface area contributed by atoms with Crippen LogP contribution < -0.4 is 5.32 Å². The van der Waals surface area contributed by atoms with Crippen molar-refractivity contribution in [3.8, 4) is 0 Å². The molecule has 0 radical (unpaired) electrons. The third kappa shape index (κ3) is 5.36. The zero-order valence-electron chi connectivity index (χ0n) is 11.5. The fraction of sp³-hybridized carbons (Fsp3) is 0.600. The molecule has 3 heteroatoms. The lowest BCUT2D eigenvalue weighted by molar-refractivity contribution is 0.405. The van der Waals surface area contributed by atoms with Crippen molar-refractivity contribution < 1.29 is 4.39 Å². The van der Waals surface area contributed by atoms with Gasteiger partial charge in [-0.1, -0.05) is 32.4 Å². The summed E-state index contributed by atoms with van der Waals surface area (Å²) in [7, 11) is 0. The molecular weight excluding hydrogens is 249 g/mol. The summed E-state index contributed by atoms with van der Waals surface area (Å²) in [6, 6.07) is 5.06. The first-order valence-electron chi connectivity index (χ1n) is 6.70. The number of hydrogen-bond donors (Lipinski definition) is 1. The molecule has 0 saturated carbocycles. The average Bonchev–Trinajstić information content (AvgIpc) is 2.29. The Balaban J connectivity index is 2.57. The van der Waals surface area contributed by atoms with E-state index < -0.39 is 0 Å². The Hall–Kier alpha value is -0.600. The third-order valence-corrected chi connectivity index (χ3v) is 3.39. The molecular formula is C15H23ClFN. The van der Waals surface area contributed by atoms with Gasteiger partial charge < -0.3 is 5.32 Å². The van der Waals surface area contributed by atoms with Crippen LogP contribution in [-0.4, -0.2) is 12.6 Å². The van der Waals surface area contributed by atoms with Gasteiger partial charge >= 0.3 is 0 Å². The molecule has 0 aromatic heterocycles. The van der Waals surface area contributed by atoms with Crippen molar-refractivity contribution in [1.82, 2.24) is 5.32 Å². The molecule has 1 aromatic carbocycles. The number of aryl methyl sites for hydroxylation is 1. The van der Waals surface area contributed by atoms with Crippen LogP contribution in [0.15, 0.2) is 18.2 Å². The molecule has 0 aliphatic rings. The molecule has 18 heavy (non-hydrogen) atoms. The van der Waals surface area contributed by atoms with Gasteiger partial charge in [-0.3, -0.25) is 0 Å². The first kappa shape index (κ1) is 15.5. The van der Waals surface area contributed by atoms with Gasteiger partial charge in [0.1, 0.15) is 5.82 Å². The molecule has 1 N–H and O–H groups in total. The van der Waals surface area contributed by atoms with Crippen LogP contribution in [0.2, 0.25) is 5.02 Å². The lowest BCUT2D eigenvalue weighted by Crippen LogP contribution is -2.30. The van der Waals surface area contributed by atoms with Crippen LogP contribution in [0, 0.1) is 11.7 Å². The van der Waals surface area contributed by atoms with E-state index in [-0.39, 0.29) is 5.82 Å². The SMILES string of the molecule is CCNC(CCc1cc(F)ccc1Cl)CC(C)C. The predicted molar refractivity (Wildman–Crippen MR) is 76.7 cm³/mol. The first-order chi connectivity index (χ1) is 8.52. The lowest BCUT2D eigenvalue weighted by Gasteiger charge is -2.20. The first-order valence-corrected chi connectivity index (χ1v) is 7.08. The Kier molecular flexibility index (Phi) is 6.66. The van der Waals surface area contributed by atoms with E-state index >= 15 is 0 Å². The molecule has 0 saturated heterocycles. The third-order valence-electron chi connectivity index (χ3n) is 3.02. The van der Waals surface area contributed by atoms with Gasteiger partial charge in [0.15, 0.2) is 0 Å². The van der Waals surface area contributed by atoms with Crippen LogP contribution in [-0.2, 0) is 6.42 Å². The Bertz CT molecular complexity index is 366. The normalized spacial score (nSPS) is 13.0. The summed E-state index contributed by atoms with van der Waals surface area (Å²) in [4.78, 5) is 0.